The third-order valence-electron chi connectivity index (χ3n) is 3.36. The summed E-state index contributed by atoms with van der Waals surface area (Å²) in [5.74, 6) is -1.000. The molecule has 1 unspecified atom stereocenters. The topological polar surface area (TPSA) is 104 Å². The maximum Gasteiger partial charge on any atom is 0.345 e. The van der Waals surface area contributed by atoms with Crippen LogP contribution < -0.4 is 0 Å². The van der Waals surface area contributed by atoms with E-state index < -0.39 is 16.6 Å². The van der Waals surface area contributed by atoms with Crippen molar-refractivity contribution in [2.24, 2.45) is 0 Å². The SMILES string of the molecule is O=C(O)CN(Cc1ccccc1)C1=CCC(O)([N+](=O)[O-])C=C1. The molecule has 2 N–H and O–H groups in total. The molecule has 0 aromatic heterocycles. The lowest BCUT2D eigenvalue weighted by Crippen LogP contribution is -2.38. The van der Waals surface area contributed by atoms with Crippen molar-refractivity contribution in [1.82, 2.24) is 4.90 Å². The number of benzene rings is 1. The van der Waals surface area contributed by atoms with Gasteiger partial charge in [0.15, 0.2) is 0 Å². The highest BCUT2D eigenvalue weighted by atomic mass is 16.7. The molecule has 0 fully saturated rings. The molecule has 0 saturated heterocycles. The largest absolute Gasteiger partial charge is 0.480 e. The van der Waals surface area contributed by atoms with Gasteiger partial charge in [-0.3, -0.25) is 14.9 Å². The zero-order valence-corrected chi connectivity index (χ0v) is 11.8. The van der Waals surface area contributed by atoms with Crippen molar-refractivity contribution in [1.29, 1.82) is 0 Å². The summed E-state index contributed by atoms with van der Waals surface area (Å²) in [6.07, 6.45) is 3.76. The van der Waals surface area contributed by atoms with Crippen molar-refractivity contribution in [3.05, 3.63) is 69.9 Å². The van der Waals surface area contributed by atoms with Crippen LogP contribution in [0, 0.1) is 10.1 Å². The van der Waals surface area contributed by atoms with Crippen LogP contribution in [0.2, 0.25) is 0 Å². The molecule has 0 saturated carbocycles. The predicted molar refractivity (Wildman–Crippen MR) is 78.3 cm³/mol. The van der Waals surface area contributed by atoms with Crippen LogP contribution in [-0.4, -0.2) is 38.3 Å². The van der Waals surface area contributed by atoms with E-state index in [-0.39, 0.29) is 13.0 Å². The molecule has 116 valence electrons. The summed E-state index contributed by atoms with van der Waals surface area (Å²) in [7, 11) is 0. The van der Waals surface area contributed by atoms with Crippen LogP contribution in [0.3, 0.4) is 0 Å². The smallest absolute Gasteiger partial charge is 0.345 e. The fraction of sp³-hybridized carbons (Fsp3) is 0.267. The van der Waals surface area contributed by atoms with Gasteiger partial charge in [0.05, 0.1) is 11.3 Å². The van der Waals surface area contributed by atoms with Gasteiger partial charge in [0.1, 0.15) is 6.54 Å². The Kier molecular flexibility index (Phi) is 4.57. The molecule has 1 aromatic rings. The molecule has 0 heterocycles. The second-order valence-corrected chi connectivity index (χ2v) is 5.04. The lowest BCUT2D eigenvalue weighted by atomic mass is 10.0. The minimum Gasteiger partial charge on any atom is -0.480 e. The summed E-state index contributed by atoms with van der Waals surface area (Å²) in [6.45, 7) is 0.127. The lowest BCUT2D eigenvalue weighted by molar-refractivity contribution is -0.607. The van der Waals surface area contributed by atoms with Gasteiger partial charge in [-0.2, -0.15) is 0 Å². The van der Waals surface area contributed by atoms with Crippen molar-refractivity contribution in [2.45, 2.75) is 18.7 Å². The molecule has 0 bridgehead atoms. The molecular weight excluding hydrogens is 288 g/mol. The highest BCUT2D eigenvalue weighted by molar-refractivity contribution is 5.69. The predicted octanol–water partition coefficient (Wildman–Crippen LogP) is 1.38. The zero-order chi connectivity index (χ0) is 16.2. The Labute approximate surface area is 126 Å². The van der Waals surface area contributed by atoms with E-state index >= 15 is 0 Å². The number of carbonyl (C=O) groups is 1. The Morgan fingerprint density at radius 3 is 2.55 bits per heavy atom. The van der Waals surface area contributed by atoms with Gasteiger partial charge < -0.3 is 15.1 Å². The maximum atomic E-state index is 11.0. The Morgan fingerprint density at radius 2 is 2.05 bits per heavy atom. The fourth-order valence-corrected chi connectivity index (χ4v) is 2.19. The van der Waals surface area contributed by atoms with Gasteiger partial charge in [-0.05, 0) is 11.6 Å². The molecule has 0 amide bonds. The Hall–Kier alpha value is -2.67. The summed E-state index contributed by atoms with van der Waals surface area (Å²) in [5, 5.41) is 29.6. The maximum absolute atomic E-state index is 11.0. The summed E-state index contributed by atoms with van der Waals surface area (Å²) in [5.41, 5.74) is -0.656. The van der Waals surface area contributed by atoms with Crippen LogP contribution >= 0.6 is 0 Å². The molecule has 1 aliphatic carbocycles. The van der Waals surface area contributed by atoms with Gasteiger partial charge in [0.25, 0.3) is 0 Å². The van der Waals surface area contributed by atoms with E-state index in [1.165, 1.54) is 12.2 Å². The summed E-state index contributed by atoms with van der Waals surface area (Å²) in [6, 6.07) is 9.31. The molecule has 7 heteroatoms. The molecule has 1 atom stereocenters. The Balaban J connectivity index is 2.17. The second kappa shape index (κ2) is 6.40. The first-order chi connectivity index (χ1) is 10.4. The quantitative estimate of drug-likeness (QED) is 0.467. The Bertz CT molecular complexity index is 626. The van der Waals surface area contributed by atoms with Crippen molar-refractivity contribution >= 4 is 5.97 Å². The minimum atomic E-state index is -2.12. The number of nitro groups is 1. The highest BCUT2D eigenvalue weighted by Gasteiger charge is 2.38. The summed E-state index contributed by atoms with van der Waals surface area (Å²) < 4.78 is 0. The number of hydrogen-bond acceptors (Lipinski definition) is 5. The molecule has 22 heavy (non-hydrogen) atoms. The molecule has 7 nitrogen and oxygen atoms in total. The molecule has 0 spiro atoms. The van der Waals surface area contributed by atoms with Crippen LogP contribution in [0.5, 0.6) is 0 Å². The van der Waals surface area contributed by atoms with E-state index in [1.54, 1.807) is 4.90 Å². The third-order valence-corrected chi connectivity index (χ3v) is 3.36. The van der Waals surface area contributed by atoms with Gasteiger partial charge in [-0.1, -0.05) is 36.4 Å². The first-order valence-corrected chi connectivity index (χ1v) is 6.68. The van der Waals surface area contributed by atoms with E-state index in [4.69, 9.17) is 5.11 Å². The normalized spacial score (nSPS) is 20.3. The van der Waals surface area contributed by atoms with Crippen molar-refractivity contribution in [2.75, 3.05) is 6.54 Å². The van der Waals surface area contributed by atoms with Crippen LogP contribution in [-0.2, 0) is 11.3 Å². The standard InChI is InChI=1S/C15H16N2O5/c18-14(19)11-16(10-12-4-2-1-3-5-12)13-6-8-15(20,9-7-13)17(21)22/h1-8,20H,9-11H2,(H,18,19). The summed E-state index contributed by atoms with van der Waals surface area (Å²) >= 11 is 0. The highest BCUT2D eigenvalue weighted by Crippen LogP contribution is 2.24. The molecule has 0 aliphatic heterocycles. The average Bonchev–Trinajstić information content (AvgIpc) is 2.48. The van der Waals surface area contributed by atoms with Crippen molar-refractivity contribution in [3.8, 4) is 0 Å². The van der Waals surface area contributed by atoms with E-state index in [2.05, 4.69) is 0 Å². The number of nitrogens with zero attached hydrogens (tertiary/aromatic N) is 2. The molecule has 2 rings (SSSR count). The van der Waals surface area contributed by atoms with E-state index in [0.717, 1.165) is 11.6 Å². The monoisotopic (exact) mass is 304 g/mol. The van der Waals surface area contributed by atoms with Gasteiger partial charge in [-0.15, -0.1) is 0 Å². The van der Waals surface area contributed by atoms with Gasteiger partial charge in [0, 0.05) is 18.3 Å². The molecule has 1 aliphatic rings. The van der Waals surface area contributed by atoms with E-state index in [0.29, 0.717) is 12.2 Å². The van der Waals surface area contributed by atoms with Crippen molar-refractivity contribution in [3.63, 3.8) is 0 Å². The van der Waals surface area contributed by atoms with E-state index in [9.17, 15) is 20.0 Å². The third kappa shape index (κ3) is 3.70. The van der Waals surface area contributed by atoms with Gasteiger partial charge in [-0.25, -0.2) is 0 Å². The summed E-state index contributed by atoms with van der Waals surface area (Å²) in [4.78, 5) is 22.6. The van der Waals surface area contributed by atoms with Crippen LogP contribution in [0.1, 0.15) is 12.0 Å². The number of allylic oxidation sites excluding steroid dienone is 1. The number of aliphatic hydroxyl groups is 1. The van der Waals surface area contributed by atoms with E-state index in [1.807, 2.05) is 30.3 Å². The Morgan fingerprint density at radius 1 is 1.36 bits per heavy atom. The molecular formula is C15H16N2O5. The number of carboxylic acid groups (broad SMARTS) is 1. The zero-order valence-electron chi connectivity index (χ0n) is 11.8. The second-order valence-electron chi connectivity index (χ2n) is 5.04. The number of carboxylic acids is 1. The molecule has 1 aromatic carbocycles. The van der Waals surface area contributed by atoms with Crippen LogP contribution in [0.15, 0.2) is 54.3 Å². The molecule has 0 radical (unpaired) electrons. The van der Waals surface area contributed by atoms with Gasteiger partial charge >= 0.3 is 11.7 Å². The number of aliphatic carboxylic acids is 1. The van der Waals surface area contributed by atoms with Gasteiger partial charge in [0.2, 0.25) is 0 Å². The van der Waals surface area contributed by atoms with Crippen LogP contribution in [0.4, 0.5) is 0 Å². The lowest BCUT2D eigenvalue weighted by Gasteiger charge is -2.27. The first kappa shape index (κ1) is 15.7. The van der Waals surface area contributed by atoms with Crippen LogP contribution in [0.25, 0.3) is 0 Å². The number of hydrogen-bond donors (Lipinski definition) is 2. The van der Waals surface area contributed by atoms with Crippen molar-refractivity contribution < 1.29 is 19.9 Å². The first-order valence-electron chi connectivity index (χ1n) is 6.68. The minimum absolute atomic E-state index is 0.198. The average molecular weight is 304 g/mol. The fourth-order valence-electron chi connectivity index (χ4n) is 2.19. The number of rotatable bonds is 6.